The zero-order valence-corrected chi connectivity index (χ0v) is 18.7. The summed E-state index contributed by atoms with van der Waals surface area (Å²) in [4.78, 5) is 25.0. The van der Waals surface area contributed by atoms with E-state index in [-0.39, 0.29) is 29.6 Å². The quantitative estimate of drug-likeness (QED) is 0.525. The number of nitro groups is 1. The third-order valence-corrected chi connectivity index (χ3v) is 8.13. The maximum Gasteiger partial charge on any atom is 0.270 e. The molecule has 1 N–H and O–H groups in total. The molecule has 9 nitrogen and oxygen atoms in total. The molecule has 0 spiro atoms. The zero-order valence-electron chi connectivity index (χ0n) is 17.9. The summed E-state index contributed by atoms with van der Waals surface area (Å²) in [5, 5.41) is 14.0. The predicted octanol–water partition coefficient (Wildman–Crippen LogP) is 2.42. The number of aryl methyl sites for hydroxylation is 2. The van der Waals surface area contributed by atoms with Gasteiger partial charge in [0.05, 0.1) is 15.9 Å². The molecule has 32 heavy (non-hydrogen) atoms. The minimum Gasteiger partial charge on any atom is -0.325 e. The summed E-state index contributed by atoms with van der Waals surface area (Å²) >= 11 is 0. The third-order valence-electron chi connectivity index (χ3n) is 6.23. The maximum absolute atomic E-state index is 12.9. The molecule has 2 aromatic carbocycles. The first kappa shape index (κ1) is 22.4. The largest absolute Gasteiger partial charge is 0.325 e. The summed E-state index contributed by atoms with van der Waals surface area (Å²) in [6.07, 6.45) is 3.27. The highest BCUT2D eigenvalue weighted by Gasteiger charge is 2.32. The van der Waals surface area contributed by atoms with Gasteiger partial charge in [-0.1, -0.05) is 12.1 Å². The molecule has 1 fully saturated rings. The van der Waals surface area contributed by atoms with E-state index in [1.807, 2.05) is 24.0 Å². The van der Waals surface area contributed by atoms with Crippen LogP contribution in [0.25, 0.3) is 0 Å². The number of fused-ring (bicyclic) bond motifs is 1. The van der Waals surface area contributed by atoms with Crippen LogP contribution in [-0.2, 0) is 27.7 Å². The van der Waals surface area contributed by atoms with Gasteiger partial charge >= 0.3 is 0 Å². The molecule has 170 valence electrons. The van der Waals surface area contributed by atoms with Crippen molar-refractivity contribution in [2.24, 2.45) is 0 Å². The number of rotatable bonds is 6. The minimum absolute atomic E-state index is 0.0949. The summed E-state index contributed by atoms with van der Waals surface area (Å²) in [6.45, 7) is 3.02. The number of anilines is 1. The smallest absolute Gasteiger partial charge is 0.270 e. The lowest BCUT2D eigenvalue weighted by Crippen LogP contribution is -2.53. The van der Waals surface area contributed by atoms with Crippen LogP contribution in [0.5, 0.6) is 0 Å². The second kappa shape index (κ2) is 8.97. The molecule has 2 aromatic rings. The van der Waals surface area contributed by atoms with Crippen molar-refractivity contribution in [3.8, 4) is 0 Å². The van der Waals surface area contributed by atoms with E-state index < -0.39 is 21.0 Å². The highest BCUT2D eigenvalue weighted by Crippen LogP contribution is 2.26. The van der Waals surface area contributed by atoms with Crippen LogP contribution in [0.4, 0.5) is 11.4 Å². The molecule has 1 aliphatic carbocycles. The molecule has 2 aliphatic rings. The molecule has 1 aliphatic heterocycles. The van der Waals surface area contributed by atoms with E-state index in [2.05, 4.69) is 11.4 Å². The van der Waals surface area contributed by atoms with Gasteiger partial charge in [0, 0.05) is 44.0 Å². The highest BCUT2D eigenvalue weighted by atomic mass is 32.2. The van der Waals surface area contributed by atoms with Crippen LogP contribution in [0, 0.1) is 10.1 Å². The van der Waals surface area contributed by atoms with Gasteiger partial charge in [-0.3, -0.25) is 19.8 Å². The summed E-state index contributed by atoms with van der Waals surface area (Å²) in [7, 11) is -3.84. The van der Waals surface area contributed by atoms with Gasteiger partial charge in [0.2, 0.25) is 15.9 Å². The van der Waals surface area contributed by atoms with Crippen LogP contribution in [0.3, 0.4) is 0 Å². The molecule has 1 atom stereocenters. The fourth-order valence-corrected chi connectivity index (χ4v) is 5.76. The first-order valence-electron chi connectivity index (χ1n) is 10.7. The molecule has 0 unspecified atom stereocenters. The van der Waals surface area contributed by atoms with Crippen molar-refractivity contribution < 1.29 is 18.1 Å². The number of hydrogen-bond donors (Lipinski definition) is 1. The van der Waals surface area contributed by atoms with Crippen LogP contribution < -0.4 is 5.32 Å². The van der Waals surface area contributed by atoms with Gasteiger partial charge < -0.3 is 5.32 Å². The Morgan fingerprint density at radius 3 is 2.50 bits per heavy atom. The second-order valence-electron chi connectivity index (χ2n) is 8.20. The predicted molar refractivity (Wildman–Crippen MR) is 120 cm³/mol. The van der Waals surface area contributed by atoms with Crippen LogP contribution in [0.2, 0.25) is 0 Å². The molecule has 0 saturated carbocycles. The van der Waals surface area contributed by atoms with Crippen molar-refractivity contribution in [1.29, 1.82) is 0 Å². The van der Waals surface area contributed by atoms with Crippen molar-refractivity contribution >= 4 is 27.3 Å². The van der Waals surface area contributed by atoms with E-state index in [4.69, 9.17) is 0 Å². The number of sulfonamides is 1. The average Bonchev–Trinajstić information content (AvgIpc) is 3.26. The monoisotopic (exact) mass is 458 g/mol. The second-order valence-corrected chi connectivity index (χ2v) is 10.1. The van der Waals surface area contributed by atoms with Gasteiger partial charge in [-0.15, -0.1) is 0 Å². The van der Waals surface area contributed by atoms with E-state index in [1.54, 1.807) is 0 Å². The molecule has 1 heterocycles. The number of hydrogen-bond acceptors (Lipinski definition) is 6. The van der Waals surface area contributed by atoms with E-state index >= 15 is 0 Å². The summed E-state index contributed by atoms with van der Waals surface area (Å²) in [6, 6.07) is 10.7. The van der Waals surface area contributed by atoms with Crippen LogP contribution in [-0.4, -0.2) is 60.7 Å². The minimum atomic E-state index is -3.84. The Morgan fingerprint density at radius 1 is 1.06 bits per heavy atom. The van der Waals surface area contributed by atoms with Gasteiger partial charge in [0.25, 0.3) is 5.69 Å². The molecule has 10 heteroatoms. The first-order chi connectivity index (χ1) is 15.3. The molecule has 0 bridgehead atoms. The summed E-state index contributed by atoms with van der Waals surface area (Å²) in [5.74, 6) is -0.127. The topological polar surface area (TPSA) is 113 Å². The lowest BCUT2D eigenvalue weighted by atomic mass is 10.1. The van der Waals surface area contributed by atoms with E-state index in [1.165, 1.54) is 33.6 Å². The Morgan fingerprint density at radius 2 is 1.78 bits per heavy atom. The highest BCUT2D eigenvalue weighted by molar-refractivity contribution is 7.89. The number of non-ortho nitro benzene ring substituents is 1. The van der Waals surface area contributed by atoms with Crippen LogP contribution >= 0.6 is 0 Å². The van der Waals surface area contributed by atoms with Crippen LogP contribution in [0.1, 0.15) is 24.5 Å². The molecule has 4 rings (SSSR count). The van der Waals surface area contributed by atoms with Crippen LogP contribution in [0.15, 0.2) is 47.4 Å². The Balaban J connectivity index is 1.37. The van der Waals surface area contributed by atoms with E-state index in [0.717, 1.165) is 31.0 Å². The van der Waals surface area contributed by atoms with Crippen molar-refractivity contribution in [2.75, 3.05) is 31.5 Å². The number of nitrogens with one attached hydrogen (secondary N) is 1. The SMILES string of the molecule is C[C@@H](C(=O)Nc1ccc2c(c1)CCC2)N1CCN(S(=O)(=O)c2cccc([N+](=O)[O-])c2)CC1. The number of carbonyl (C=O) groups is 1. The molecule has 0 aromatic heterocycles. The average molecular weight is 459 g/mol. The van der Waals surface area contributed by atoms with Crippen molar-refractivity contribution in [3.05, 3.63) is 63.7 Å². The lowest BCUT2D eigenvalue weighted by Gasteiger charge is -2.36. The van der Waals surface area contributed by atoms with E-state index in [9.17, 15) is 23.3 Å². The Hall–Kier alpha value is -2.82. The van der Waals surface area contributed by atoms with Gasteiger partial charge in [0.15, 0.2) is 0 Å². The van der Waals surface area contributed by atoms with Crippen molar-refractivity contribution in [1.82, 2.24) is 9.21 Å². The number of carbonyl (C=O) groups excluding carboxylic acids is 1. The Labute approximate surface area is 187 Å². The number of nitro benzene ring substituents is 1. The first-order valence-corrected chi connectivity index (χ1v) is 12.1. The molecule has 1 saturated heterocycles. The summed E-state index contributed by atoms with van der Waals surface area (Å²) in [5.41, 5.74) is 3.16. The Kier molecular flexibility index (Phi) is 6.27. The normalized spacial score (nSPS) is 18.2. The van der Waals surface area contributed by atoms with Crippen molar-refractivity contribution in [2.45, 2.75) is 37.1 Å². The third kappa shape index (κ3) is 4.52. The Bertz CT molecular complexity index is 1140. The number of piperazine rings is 1. The van der Waals surface area contributed by atoms with Gasteiger partial charge in [-0.25, -0.2) is 8.42 Å². The fraction of sp³-hybridized carbons (Fsp3) is 0.409. The van der Waals surface area contributed by atoms with Crippen molar-refractivity contribution in [3.63, 3.8) is 0 Å². The number of nitrogens with zero attached hydrogens (tertiary/aromatic N) is 3. The van der Waals surface area contributed by atoms with E-state index in [0.29, 0.717) is 13.1 Å². The fourth-order valence-electron chi connectivity index (χ4n) is 4.30. The summed E-state index contributed by atoms with van der Waals surface area (Å²) < 4.78 is 27.1. The standard InChI is InChI=1S/C22H26N4O5S/c1-16(22(27)23-19-9-8-17-4-2-5-18(17)14-19)24-10-12-25(13-11-24)32(30,31)21-7-3-6-20(15-21)26(28)29/h3,6-9,14-16H,2,4-5,10-13H2,1H3,(H,23,27)/t16-/m0/s1. The number of amides is 1. The zero-order chi connectivity index (χ0) is 22.9. The van der Waals surface area contributed by atoms with Gasteiger partial charge in [0.1, 0.15) is 0 Å². The molecule has 0 radical (unpaired) electrons. The van der Waals surface area contributed by atoms with Gasteiger partial charge in [-0.2, -0.15) is 4.31 Å². The number of benzene rings is 2. The maximum atomic E-state index is 12.9. The molecule has 1 amide bonds. The van der Waals surface area contributed by atoms with Gasteiger partial charge in [-0.05, 0) is 55.5 Å². The molecular weight excluding hydrogens is 432 g/mol. The molecular formula is C22H26N4O5S. The lowest BCUT2D eigenvalue weighted by molar-refractivity contribution is -0.385.